The lowest BCUT2D eigenvalue weighted by Gasteiger charge is -2.09. The van der Waals surface area contributed by atoms with Crippen molar-refractivity contribution in [2.45, 2.75) is 13.3 Å². The van der Waals surface area contributed by atoms with E-state index in [9.17, 15) is 9.59 Å². The summed E-state index contributed by atoms with van der Waals surface area (Å²) in [6.45, 7) is 2.30. The number of carbonyl (C=O) groups is 2. The monoisotopic (exact) mass is 502 g/mol. The topological polar surface area (TPSA) is 80.6 Å². The van der Waals surface area contributed by atoms with Crippen LogP contribution >= 0.6 is 35.4 Å². The highest BCUT2D eigenvalue weighted by molar-refractivity contribution is 7.80. The van der Waals surface area contributed by atoms with E-state index in [0.29, 0.717) is 45.0 Å². The van der Waals surface area contributed by atoms with Gasteiger partial charge in [0.1, 0.15) is 11.5 Å². The Morgan fingerprint density at radius 3 is 2.55 bits per heavy atom. The van der Waals surface area contributed by atoms with Crippen LogP contribution in [-0.4, -0.2) is 23.6 Å². The first-order chi connectivity index (χ1) is 15.9. The van der Waals surface area contributed by atoms with Crippen LogP contribution in [0.5, 0.6) is 0 Å². The minimum atomic E-state index is -0.435. The molecule has 0 unspecified atom stereocenters. The molecule has 0 saturated heterocycles. The lowest BCUT2D eigenvalue weighted by molar-refractivity contribution is -0.115. The number of amides is 1. The maximum atomic E-state index is 12.2. The van der Waals surface area contributed by atoms with Crippen LogP contribution in [0.15, 0.2) is 65.1 Å². The molecule has 9 heteroatoms. The van der Waals surface area contributed by atoms with Crippen molar-refractivity contribution in [3.8, 4) is 11.3 Å². The molecule has 1 heterocycles. The summed E-state index contributed by atoms with van der Waals surface area (Å²) in [5.74, 6) is 0.199. The molecule has 2 N–H and O–H groups in total. The van der Waals surface area contributed by atoms with Gasteiger partial charge >= 0.3 is 5.97 Å². The molecule has 0 radical (unpaired) electrons. The number of hydrogen-bond donors (Lipinski definition) is 2. The van der Waals surface area contributed by atoms with Crippen molar-refractivity contribution in [1.29, 1.82) is 0 Å². The lowest BCUT2D eigenvalue weighted by atomic mass is 10.2. The first-order valence-corrected chi connectivity index (χ1v) is 11.1. The van der Waals surface area contributed by atoms with Gasteiger partial charge in [-0.1, -0.05) is 30.1 Å². The molecule has 0 aliphatic heterocycles. The van der Waals surface area contributed by atoms with Crippen LogP contribution in [0.25, 0.3) is 17.4 Å². The number of furan rings is 1. The van der Waals surface area contributed by atoms with Gasteiger partial charge in [-0.3, -0.25) is 10.1 Å². The predicted molar refractivity (Wildman–Crippen MR) is 135 cm³/mol. The summed E-state index contributed by atoms with van der Waals surface area (Å²) < 4.78 is 10.8. The number of benzene rings is 2. The molecule has 1 amide bonds. The van der Waals surface area contributed by atoms with Gasteiger partial charge in [-0.2, -0.15) is 0 Å². The second kappa shape index (κ2) is 11.7. The molecule has 6 nitrogen and oxygen atoms in total. The molecule has 0 atom stereocenters. The molecule has 0 spiro atoms. The molecule has 33 heavy (non-hydrogen) atoms. The van der Waals surface area contributed by atoms with Gasteiger partial charge in [0.25, 0.3) is 0 Å². The molecular formula is C24H20Cl2N2O4S. The molecule has 3 rings (SSSR count). The van der Waals surface area contributed by atoms with E-state index in [0.717, 1.165) is 6.42 Å². The summed E-state index contributed by atoms with van der Waals surface area (Å²) >= 11 is 17.3. The van der Waals surface area contributed by atoms with Gasteiger partial charge in [0.05, 0.1) is 17.2 Å². The van der Waals surface area contributed by atoms with Crippen molar-refractivity contribution in [2.75, 3.05) is 11.9 Å². The molecule has 0 fully saturated rings. The number of halogens is 2. The van der Waals surface area contributed by atoms with E-state index in [4.69, 9.17) is 44.6 Å². The van der Waals surface area contributed by atoms with Gasteiger partial charge in [0.2, 0.25) is 5.91 Å². The van der Waals surface area contributed by atoms with Crippen molar-refractivity contribution in [3.05, 3.63) is 82.0 Å². The van der Waals surface area contributed by atoms with E-state index in [1.54, 1.807) is 54.6 Å². The fraction of sp³-hybridized carbons (Fsp3) is 0.125. The van der Waals surface area contributed by atoms with Gasteiger partial charge in [-0.25, -0.2) is 4.79 Å². The average Bonchev–Trinajstić information content (AvgIpc) is 3.25. The number of hydrogen-bond acceptors (Lipinski definition) is 5. The fourth-order valence-corrected chi connectivity index (χ4v) is 3.44. The van der Waals surface area contributed by atoms with Crippen molar-refractivity contribution in [2.24, 2.45) is 0 Å². The Morgan fingerprint density at radius 2 is 1.85 bits per heavy atom. The molecule has 0 bridgehead atoms. The van der Waals surface area contributed by atoms with Crippen molar-refractivity contribution in [1.82, 2.24) is 5.32 Å². The Hall–Kier alpha value is -3.13. The maximum Gasteiger partial charge on any atom is 0.338 e. The Bertz CT molecular complexity index is 1190. The van der Waals surface area contributed by atoms with Gasteiger partial charge in [-0.15, -0.1) is 0 Å². The van der Waals surface area contributed by atoms with Crippen LogP contribution in [-0.2, 0) is 9.53 Å². The zero-order valence-electron chi connectivity index (χ0n) is 17.6. The number of anilines is 1. The van der Waals surface area contributed by atoms with E-state index in [2.05, 4.69) is 10.6 Å². The molecule has 170 valence electrons. The summed E-state index contributed by atoms with van der Waals surface area (Å²) in [7, 11) is 0. The second-order valence-electron chi connectivity index (χ2n) is 6.82. The van der Waals surface area contributed by atoms with Crippen molar-refractivity contribution in [3.63, 3.8) is 0 Å². The number of ether oxygens (including phenoxy) is 1. The molecule has 0 saturated carbocycles. The standard InChI is InChI=1S/C24H20Cl2N2O4S/c1-2-13-31-23(30)15-3-6-17(7-4-15)27-24(33)28-22(29)12-9-18-8-11-21(32-18)19-10-5-16(25)14-20(19)26/h3-12,14H,2,13H2,1H3,(H2,27,28,29,33)/b12-9+. The average molecular weight is 503 g/mol. The van der Waals surface area contributed by atoms with Gasteiger partial charge in [-0.05, 0) is 79.3 Å². The summed E-state index contributed by atoms with van der Waals surface area (Å²) in [6, 6.07) is 15.1. The zero-order valence-corrected chi connectivity index (χ0v) is 19.9. The zero-order chi connectivity index (χ0) is 23.8. The normalized spacial score (nSPS) is 10.8. The number of thiocarbonyl (C=S) groups is 1. The van der Waals surface area contributed by atoms with Crippen LogP contribution in [0.3, 0.4) is 0 Å². The number of rotatable bonds is 7. The van der Waals surface area contributed by atoms with Crippen LogP contribution in [0.4, 0.5) is 5.69 Å². The van der Waals surface area contributed by atoms with E-state index >= 15 is 0 Å². The highest BCUT2D eigenvalue weighted by Crippen LogP contribution is 2.31. The molecular weight excluding hydrogens is 483 g/mol. The quantitative estimate of drug-likeness (QED) is 0.222. The predicted octanol–water partition coefficient (Wildman–Crippen LogP) is 6.35. The van der Waals surface area contributed by atoms with Crippen LogP contribution in [0, 0.1) is 0 Å². The number of nitrogens with one attached hydrogen (secondary N) is 2. The number of esters is 1. The van der Waals surface area contributed by atoms with E-state index in [1.165, 1.54) is 12.2 Å². The van der Waals surface area contributed by atoms with Crippen molar-refractivity contribution >= 4 is 64.2 Å². The Kier molecular flexibility index (Phi) is 8.65. The number of carbonyl (C=O) groups excluding carboxylic acids is 2. The summed E-state index contributed by atoms with van der Waals surface area (Å²) in [6.07, 6.45) is 3.57. The summed E-state index contributed by atoms with van der Waals surface area (Å²) in [5, 5.41) is 6.53. The molecule has 0 aliphatic rings. The third kappa shape index (κ3) is 7.18. The van der Waals surface area contributed by atoms with E-state index < -0.39 is 5.91 Å². The first kappa shape index (κ1) is 24.5. The fourth-order valence-electron chi connectivity index (χ4n) is 2.72. The van der Waals surface area contributed by atoms with Crippen LogP contribution < -0.4 is 10.6 Å². The smallest absolute Gasteiger partial charge is 0.338 e. The molecule has 1 aromatic heterocycles. The minimum absolute atomic E-state index is 0.110. The maximum absolute atomic E-state index is 12.2. The van der Waals surface area contributed by atoms with E-state index in [-0.39, 0.29) is 11.1 Å². The SMILES string of the molecule is CCCOC(=O)c1ccc(NC(=S)NC(=O)/C=C/c2ccc(-c3ccc(Cl)cc3Cl)o2)cc1. The Balaban J connectivity index is 1.53. The molecule has 2 aromatic carbocycles. The Morgan fingerprint density at radius 1 is 1.09 bits per heavy atom. The van der Waals surface area contributed by atoms with Crippen LogP contribution in [0.2, 0.25) is 10.0 Å². The van der Waals surface area contributed by atoms with Crippen molar-refractivity contribution < 1.29 is 18.7 Å². The van der Waals surface area contributed by atoms with Crippen LogP contribution in [0.1, 0.15) is 29.5 Å². The highest BCUT2D eigenvalue weighted by Gasteiger charge is 2.09. The Labute approximate surface area is 206 Å². The van der Waals surface area contributed by atoms with Gasteiger partial charge in [0, 0.05) is 22.3 Å². The minimum Gasteiger partial charge on any atom is -0.462 e. The third-order valence-corrected chi connectivity index (χ3v) is 5.03. The van der Waals surface area contributed by atoms with E-state index in [1.807, 2.05) is 6.92 Å². The van der Waals surface area contributed by atoms with Gasteiger partial charge in [0.15, 0.2) is 5.11 Å². The summed E-state index contributed by atoms with van der Waals surface area (Å²) in [4.78, 5) is 24.0. The van der Waals surface area contributed by atoms with Gasteiger partial charge < -0.3 is 14.5 Å². The third-order valence-electron chi connectivity index (χ3n) is 4.27. The largest absolute Gasteiger partial charge is 0.462 e. The lowest BCUT2D eigenvalue weighted by Crippen LogP contribution is -2.32. The molecule has 3 aromatic rings. The highest BCUT2D eigenvalue weighted by atomic mass is 35.5. The molecule has 0 aliphatic carbocycles. The second-order valence-corrected chi connectivity index (χ2v) is 8.07. The first-order valence-electron chi connectivity index (χ1n) is 9.98. The summed E-state index contributed by atoms with van der Waals surface area (Å²) in [5.41, 5.74) is 1.75.